The number of fused-ring (bicyclic) bond motifs is 7. The number of hydrogen-bond acceptors (Lipinski definition) is 15. The summed E-state index contributed by atoms with van der Waals surface area (Å²) in [6.07, 6.45) is -12.5. The summed E-state index contributed by atoms with van der Waals surface area (Å²) < 4.78 is 23.8. The molecule has 0 aromatic carbocycles. The van der Waals surface area contributed by atoms with Crippen LogP contribution in [0.1, 0.15) is 92.9 Å². The Labute approximate surface area is 339 Å². The summed E-state index contributed by atoms with van der Waals surface area (Å²) in [5, 5.41) is 118. The molecule has 0 bridgehead atoms. The number of ether oxygens (including phenoxy) is 4. The van der Waals surface area contributed by atoms with Crippen LogP contribution in [-0.2, 0) is 23.7 Å². The molecule has 22 atom stereocenters. The van der Waals surface area contributed by atoms with Crippen molar-refractivity contribution in [2.75, 3.05) is 19.8 Å². The van der Waals surface area contributed by atoms with E-state index in [0.29, 0.717) is 19.3 Å². The van der Waals surface area contributed by atoms with Gasteiger partial charge in [0.1, 0.15) is 42.7 Å². The topological polar surface area (TPSA) is 277 Å². The second-order valence-electron chi connectivity index (χ2n) is 20.6. The van der Waals surface area contributed by atoms with Crippen molar-refractivity contribution in [1.82, 2.24) is 0 Å². The van der Waals surface area contributed by atoms with E-state index >= 15 is 0 Å². The quantitative estimate of drug-likeness (QED) is 0.112. The zero-order chi connectivity index (χ0) is 42.7. The molecule has 2 heterocycles. The Morgan fingerprint density at radius 2 is 1.41 bits per heavy atom. The molecule has 0 aromatic heterocycles. The molecule has 6 fully saturated rings. The molecule has 0 spiro atoms. The van der Waals surface area contributed by atoms with Crippen LogP contribution in [0.15, 0.2) is 11.6 Å². The van der Waals surface area contributed by atoms with E-state index in [4.69, 9.17) is 18.9 Å². The zero-order valence-electron chi connectivity index (χ0n) is 34.6. The molecule has 0 radical (unpaired) electrons. The van der Waals surface area contributed by atoms with Gasteiger partial charge in [-0.2, -0.15) is 0 Å². The molecule has 0 aromatic rings. The lowest BCUT2D eigenvalue weighted by Crippen LogP contribution is -2.68. The van der Waals surface area contributed by atoms with E-state index in [1.54, 1.807) is 0 Å². The fraction of sp³-hybridized carbons (Fsp3) is 0.929. The van der Waals surface area contributed by atoms with Crippen molar-refractivity contribution in [2.24, 2.45) is 50.2 Å². The van der Waals surface area contributed by atoms with Gasteiger partial charge in [-0.05, 0) is 85.4 Å². The van der Waals surface area contributed by atoms with Gasteiger partial charge >= 0.3 is 5.97 Å². The molecule has 16 heteroatoms. The Morgan fingerprint density at radius 3 is 2.03 bits per heavy atom. The van der Waals surface area contributed by atoms with Gasteiger partial charge in [-0.1, -0.05) is 53.2 Å². The molecule has 16 nitrogen and oxygen atoms in total. The van der Waals surface area contributed by atoms with Crippen LogP contribution >= 0.6 is 0 Å². The highest BCUT2D eigenvalue weighted by molar-refractivity contribution is 5.73. The average molecular weight is 829 g/mol. The van der Waals surface area contributed by atoms with Gasteiger partial charge < -0.3 is 75.1 Å². The van der Waals surface area contributed by atoms with Gasteiger partial charge in [0.15, 0.2) is 18.7 Å². The van der Waals surface area contributed by atoms with Crippen molar-refractivity contribution in [1.29, 1.82) is 0 Å². The van der Waals surface area contributed by atoms with E-state index in [9.17, 15) is 61.0 Å². The van der Waals surface area contributed by atoms with Crippen molar-refractivity contribution in [3.63, 3.8) is 0 Å². The molecule has 332 valence electrons. The van der Waals surface area contributed by atoms with E-state index in [-0.39, 0.29) is 47.2 Å². The minimum atomic E-state index is -2.00. The van der Waals surface area contributed by atoms with Gasteiger partial charge in [-0.25, -0.2) is 4.79 Å². The van der Waals surface area contributed by atoms with Crippen molar-refractivity contribution in [2.45, 2.75) is 173 Å². The lowest BCUT2D eigenvalue weighted by atomic mass is 9.33. The average Bonchev–Trinajstić information content (AvgIpc) is 3.18. The zero-order valence-corrected chi connectivity index (χ0v) is 34.6. The summed E-state index contributed by atoms with van der Waals surface area (Å²) in [6, 6.07) is 0. The Kier molecular flexibility index (Phi) is 11.7. The van der Waals surface area contributed by atoms with Crippen LogP contribution < -0.4 is 0 Å². The van der Waals surface area contributed by atoms with Crippen molar-refractivity contribution >= 4 is 5.97 Å². The Balaban J connectivity index is 1.17. The van der Waals surface area contributed by atoms with Crippen molar-refractivity contribution in [3.05, 3.63) is 11.6 Å². The van der Waals surface area contributed by atoms with Crippen LogP contribution in [0.25, 0.3) is 0 Å². The number of rotatable bonds is 8. The third kappa shape index (κ3) is 6.25. The number of carboxylic acid groups (broad SMARTS) is 1. The minimum absolute atomic E-state index is 0.0194. The first kappa shape index (κ1) is 44.7. The molecular weight excluding hydrogens is 760 g/mol. The maximum atomic E-state index is 12.2. The largest absolute Gasteiger partial charge is 0.479 e. The first-order chi connectivity index (χ1) is 27.0. The summed E-state index contributed by atoms with van der Waals surface area (Å²) in [6.45, 7) is 11.7. The fourth-order valence-corrected chi connectivity index (χ4v) is 13.8. The van der Waals surface area contributed by atoms with E-state index in [1.807, 2.05) is 13.8 Å². The summed E-state index contributed by atoms with van der Waals surface area (Å²) >= 11 is 0. The summed E-state index contributed by atoms with van der Waals surface area (Å²) in [5.41, 5.74) is -1.68. The van der Waals surface area contributed by atoms with Gasteiger partial charge in [-0.15, -0.1) is 0 Å². The third-order valence-electron chi connectivity index (χ3n) is 17.9. The fourth-order valence-electron chi connectivity index (χ4n) is 13.8. The second-order valence-corrected chi connectivity index (χ2v) is 20.6. The summed E-state index contributed by atoms with van der Waals surface area (Å²) in [5.74, 6) is -1.49. The lowest BCUT2D eigenvalue weighted by molar-refractivity contribution is -0.375. The van der Waals surface area contributed by atoms with Crippen molar-refractivity contribution < 1.29 is 79.9 Å². The number of hydrogen-bond donors (Lipinski definition) is 11. The minimum Gasteiger partial charge on any atom is -0.479 e. The Bertz CT molecular complexity index is 1580. The van der Waals surface area contributed by atoms with Crippen LogP contribution in [0.5, 0.6) is 0 Å². The number of aliphatic carboxylic acids is 1. The van der Waals surface area contributed by atoms with Gasteiger partial charge in [0, 0.05) is 16.2 Å². The van der Waals surface area contributed by atoms with Gasteiger partial charge in [0.25, 0.3) is 0 Å². The molecular formula is C42H68O16. The molecule has 7 rings (SSSR count). The van der Waals surface area contributed by atoms with E-state index in [0.717, 1.165) is 32.1 Å². The highest BCUT2D eigenvalue weighted by Gasteiger charge is 2.70. The Hall–Kier alpha value is -1.35. The molecule has 2 aliphatic heterocycles. The molecule has 0 unspecified atom stereocenters. The highest BCUT2D eigenvalue weighted by Crippen LogP contribution is 2.76. The highest BCUT2D eigenvalue weighted by atomic mass is 16.8. The Morgan fingerprint density at radius 1 is 0.724 bits per heavy atom. The molecule has 7 aliphatic rings. The van der Waals surface area contributed by atoms with E-state index in [2.05, 4.69) is 33.8 Å². The van der Waals surface area contributed by atoms with Gasteiger partial charge in [0.05, 0.1) is 38.1 Å². The molecule has 5 aliphatic carbocycles. The first-order valence-electron chi connectivity index (χ1n) is 21.2. The molecule has 4 saturated carbocycles. The SMILES string of the molecule is C[C@]1(CO)C[C@H]2C3=CC[C@@H]4[C@@]5(C)CC[C@H](O[C@@H]6O[C@H](C(=O)O)[C@@H](O)[C@H](O)[C@H]6O[C@@H]6O[C@H](CO)[C@@H](O)[C@H](O)[C@H]6O)[C@](C)(CO)[C@@H]5CC[C@@]4(C)[C@]3(C)CC[C@@]2(C)[C@H](O)[C@@H]1O. The molecule has 11 N–H and O–H groups in total. The monoisotopic (exact) mass is 828 g/mol. The van der Waals surface area contributed by atoms with E-state index in [1.165, 1.54) is 5.57 Å². The van der Waals surface area contributed by atoms with Crippen molar-refractivity contribution in [3.8, 4) is 0 Å². The van der Waals surface area contributed by atoms with E-state index < -0.39 is 109 Å². The summed E-state index contributed by atoms with van der Waals surface area (Å²) in [4.78, 5) is 12.2. The number of aliphatic hydroxyl groups is 10. The number of aliphatic hydroxyl groups excluding tert-OH is 10. The number of carbonyl (C=O) groups is 1. The number of carboxylic acids is 1. The predicted molar refractivity (Wildman–Crippen MR) is 202 cm³/mol. The second kappa shape index (κ2) is 15.2. The third-order valence-corrected chi connectivity index (χ3v) is 17.9. The van der Waals surface area contributed by atoms with Crippen LogP contribution in [0.2, 0.25) is 0 Å². The maximum Gasteiger partial charge on any atom is 0.335 e. The van der Waals surface area contributed by atoms with Crippen LogP contribution in [-0.4, -0.2) is 162 Å². The van der Waals surface area contributed by atoms with Crippen LogP contribution in [0, 0.1) is 50.2 Å². The smallest absolute Gasteiger partial charge is 0.335 e. The molecule has 58 heavy (non-hydrogen) atoms. The van der Waals surface area contributed by atoms with Gasteiger partial charge in [0.2, 0.25) is 0 Å². The maximum absolute atomic E-state index is 12.2. The standard InChI is InChI=1S/C42H68O16/c1-37(17-44)15-20-19-7-8-23-39(3)11-10-24(40(4,18-45)22(39)9-12-42(23,6)41(19,5)14-13-38(20,2)33(52)32(37)51)56-36-31(28(49)27(48)30(57-36)34(53)54)58-35-29(50)26(47)25(46)21(16-43)55-35/h7,20-33,35-36,43-52H,8-18H2,1-6H3,(H,53,54)/t20-,21+,22+,23+,24-,25+,26-,27-,28-,29+,30-,31+,32-,33+,35-,36+,37+,38+,39-,40+,41+,42+/m0/s1. The van der Waals surface area contributed by atoms with Gasteiger partial charge in [-0.3, -0.25) is 0 Å². The number of allylic oxidation sites excluding steroid dienone is 2. The lowest BCUT2D eigenvalue weighted by Gasteiger charge is -2.72. The summed E-state index contributed by atoms with van der Waals surface area (Å²) in [7, 11) is 0. The predicted octanol–water partition coefficient (Wildman–Crippen LogP) is -0.204. The normalized spacial score (nSPS) is 56.9. The van der Waals surface area contributed by atoms with Crippen LogP contribution in [0.4, 0.5) is 0 Å². The first-order valence-corrected chi connectivity index (χ1v) is 21.2. The molecule has 0 amide bonds. The van der Waals surface area contributed by atoms with Crippen LogP contribution in [0.3, 0.4) is 0 Å². The molecule has 2 saturated heterocycles.